The maximum Gasteiger partial charge on any atom is 0.321 e. The van der Waals surface area contributed by atoms with Crippen LogP contribution in [-0.4, -0.2) is 41.9 Å². The first kappa shape index (κ1) is 42.8. The van der Waals surface area contributed by atoms with Crippen molar-refractivity contribution in [1.29, 1.82) is 0 Å². The van der Waals surface area contributed by atoms with Gasteiger partial charge in [-0.15, -0.1) is 0 Å². The standard InChI is InChI=1S/C50H42FNO7S/c1-35(53)59-46(40-24-26-42(51)27-25-40)31-30-44-47(52(48(44)54)43-28-20-37(21-29-43)16-10-32-60-2)41-22-18-36(19-23-41)15-9-17-45(49(55)57-33-38-11-5-3-6-12-38)50(56)58-34-39-13-7-4-8-14-39/h3-8,11-14,18,20-22,24-29,44-47H,17,30-34H2,1-2H3/t44-,46+,47-/m1/s1. The summed E-state index contributed by atoms with van der Waals surface area (Å²) in [4.78, 5) is 54.1. The van der Waals surface area contributed by atoms with Gasteiger partial charge < -0.3 is 19.1 Å². The Bertz CT molecular complexity index is 2390. The van der Waals surface area contributed by atoms with E-state index in [9.17, 15) is 23.6 Å². The van der Waals surface area contributed by atoms with Crippen LogP contribution in [0.15, 0.2) is 144 Å². The zero-order chi connectivity index (χ0) is 42.3. The largest absolute Gasteiger partial charge is 0.460 e. The predicted molar refractivity (Wildman–Crippen MR) is 228 cm³/mol. The van der Waals surface area contributed by atoms with Crippen LogP contribution in [0.3, 0.4) is 0 Å². The van der Waals surface area contributed by atoms with E-state index >= 15 is 0 Å². The normalized spacial score (nSPS) is 15.6. The van der Waals surface area contributed by atoms with Gasteiger partial charge in [0.05, 0.1) is 23.3 Å². The third kappa shape index (κ3) is 11.7. The number of allylic oxidation sites excluding steroid dienone is 2. The van der Waals surface area contributed by atoms with Crippen molar-refractivity contribution in [2.24, 2.45) is 11.8 Å². The summed E-state index contributed by atoms with van der Waals surface area (Å²) in [5.74, 6) is 8.60. The molecule has 0 aromatic heterocycles. The van der Waals surface area contributed by atoms with Crippen molar-refractivity contribution in [3.05, 3.63) is 172 Å². The van der Waals surface area contributed by atoms with Crippen molar-refractivity contribution in [1.82, 2.24) is 0 Å². The number of hydrogen-bond acceptors (Lipinski definition) is 8. The van der Waals surface area contributed by atoms with Gasteiger partial charge in [-0.2, -0.15) is 11.8 Å². The molecule has 1 saturated heterocycles. The maximum atomic E-state index is 13.9. The van der Waals surface area contributed by atoms with Gasteiger partial charge in [0.25, 0.3) is 0 Å². The molecule has 60 heavy (non-hydrogen) atoms. The number of thioether (sulfide) groups is 1. The number of amides is 1. The van der Waals surface area contributed by atoms with Gasteiger partial charge >= 0.3 is 17.9 Å². The summed E-state index contributed by atoms with van der Waals surface area (Å²) in [6.07, 6.45) is 5.42. The molecule has 0 spiro atoms. The van der Waals surface area contributed by atoms with Crippen molar-refractivity contribution >= 4 is 41.3 Å². The van der Waals surface area contributed by atoms with Gasteiger partial charge in [0.2, 0.25) is 5.91 Å². The number of hydrogen-bond donors (Lipinski definition) is 0. The Hall–Kier alpha value is -6.80. The summed E-state index contributed by atoms with van der Waals surface area (Å²) in [5, 5.41) is 0. The minimum atomic E-state index is -1.28. The third-order valence-electron chi connectivity index (χ3n) is 9.73. The Balaban J connectivity index is 1.23. The van der Waals surface area contributed by atoms with E-state index in [4.69, 9.17) is 14.2 Å². The monoisotopic (exact) mass is 819 g/mol. The number of carbonyl (C=O) groups excluding carboxylic acids is 4. The predicted octanol–water partition coefficient (Wildman–Crippen LogP) is 8.63. The molecule has 1 amide bonds. The number of benzene rings is 4. The van der Waals surface area contributed by atoms with Crippen LogP contribution >= 0.6 is 11.8 Å². The molecule has 4 aromatic rings. The SMILES string of the molecule is CSCC#Cc1ccc(N2C(=O)[C@H](CC[C@H](OC(C)=O)c3ccc(F)cc3)[C@H]2C2=C=C=C(C#CCC(C(=O)OCc3ccccc3)C(=O)OCc3ccccc3)C=C2)cc1. The Kier molecular flexibility index (Phi) is 15.2. The number of rotatable bonds is 15. The van der Waals surface area contributed by atoms with Crippen LogP contribution in [0.5, 0.6) is 0 Å². The van der Waals surface area contributed by atoms with E-state index in [1.165, 1.54) is 19.1 Å². The van der Waals surface area contributed by atoms with Gasteiger partial charge in [0.1, 0.15) is 25.1 Å². The summed E-state index contributed by atoms with van der Waals surface area (Å²) in [5.41, 5.74) is 11.1. The summed E-state index contributed by atoms with van der Waals surface area (Å²) in [6.45, 7) is 1.30. The fourth-order valence-corrected chi connectivity index (χ4v) is 6.92. The highest BCUT2D eigenvalue weighted by Gasteiger charge is 2.49. The topological polar surface area (TPSA) is 99.2 Å². The summed E-state index contributed by atoms with van der Waals surface area (Å²) < 4.78 is 30.4. The summed E-state index contributed by atoms with van der Waals surface area (Å²) in [7, 11) is 0. The van der Waals surface area contributed by atoms with Gasteiger partial charge in [-0.3, -0.25) is 19.2 Å². The first-order chi connectivity index (χ1) is 29.2. The highest BCUT2D eigenvalue weighted by atomic mass is 32.2. The van der Waals surface area contributed by atoms with Crippen molar-refractivity contribution in [2.75, 3.05) is 16.9 Å². The number of esters is 3. The van der Waals surface area contributed by atoms with Crippen LogP contribution in [0.25, 0.3) is 0 Å². The molecular formula is C50H42FNO7S. The zero-order valence-corrected chi connectivity index (χ0v) is 34.0. The minimum absolute atomic E-state index is 0.00542. The first-order valence-corrected chi connectivity index (χ1v) is 20.8. The van der Waals surface area contributed by atoms with E-state index in [1.807, 2.05) is 97.3 Å². The van der Waals surface area contributed by atoms with Gasteiger partial charge in [-0.05, 0) is 84.3 Å². The van der Waals surface area contributed by atoms with E-state index in [-0.39, 0.29) is 25.5 Å². The second kappa shape index (κ2) is 21.3. The molecule has 0 radical (unpaired) electrons. The Morgan fingerprint density at radius 2 is 1.43 bits per heavy atom. The number of β-lactam (4-membered cyclic amide) rings is 1. The quantitative estimate of drug-likeness (QED) is 0.0294. The molecule has 0 saturated carbocycles. The van der Waals surface area contributed by atoms with Gasteiger partial charge in [0.15, 0.2) is 5.92 Å². The Morgan fingerprint density at radius 3 is 2.00 bits per heavy atom. The van der Waals surface area contributed by atoms with Crippen LogP contribution in [0.4, 0.5) is 10.1 Å². The van der Waals surface area contributed by atoms with E-state index in [2.05, 4.69) is 35.1 Å². The second-order valence-corrected chi connectivity index (χ2v) is 14.8. The average Bonchev–Trinajstić information content (AvgIpc) is 3.26. The van der Waals surface area contributed by atoms with Gasteiger partial charge in [0, 0.05) is 30.2 Å². The van der Waals surface area contributed by atoms with E-state index in [0.29, 0.717) is 41.0 Å². The Labute approximate surface area is 353 Å². The molecule has 0 bridgehead atoms. The zero-order valence-electron chi connectivity index (χ0n) is 33.2. The van der Waals surface area contributed by atoms with Gasteiger partial charge in [-0.25, -0.2) is 4.39 Å². The molecule has 1 aliphatic heterocycles. The summed E-state index contributed by atoms with van der Waals surface area (Å²) in [6, 6.07) is 31.1. The highest BCUT2D eigenvalue weighted by Crippen LogP contribution is 2.41. The lowest BCUT2D eigenvalue weighted by atomic mass is 9.77. The van der Waals surface area contributed by atoms with Crippen LogP contribution in [-0.2, 0) is 46.6 Å². The molecule has 0 N–H and O–H groups in total. The molecule has 6 rings (SSSR count). The molecule has 1 fully saturated rings. The fourth-order valence-electron chi connectivity index (χ4n) is 6.70. The maximum absolute atomic E-state index is 13.9. The van der Waals surface area contributed by atoms with E-state index in [0.717, 1.165) is 16.7 Å². The molecule has 3 atom stereocenters. The lowest BCUT2D eigenvalue weighted by Gasteiger charge is -2.47. The highest BCUT2D eigenvalue weighted by molar-refractivity contribution is 7.98. The molecule has 302 valence electrons. The average molecular weight is 820 g/mol. The van der Waals surface area contributed by atoms with Crippen LogP contribution < -0.4 is 4.90 Å². The molecule has 1 aliphatic carbocycles. The number of nitrogens with zero attached hydrogens (tertiary/aromatic N) is 1. The lowest BCUT2D eigenvalue weighted by Crippen LogP contribution is -2.62. The second-order valence-electron chi connectivity index (χ2n) is 14.0. The minimum Gasteiger partial charge on any atom is -0.460 e. The fraction of sp³-hybridized carbons (Fsp3) is 0.240. The molecule has 10 heteroatoms. The number of carbonyl (C=O) groups is 4. The first-order valence-electron chi connectivity index (χ1n) is 19.4. The van der Waals surface area contributed by atoms with Crippen LogP contribution in [0.1, 0.15) is 54.5 Å². The molecule has 4 aromatic carbocycles. The van der Waals surface area contributed by atoms with Crippen molar-refractivity contribution < 1.29 is 37.8 Å². The van der Waals surface area contributed by atoms with E-state index in [1.54, 1.807) is 34.9 Å². The van der Waals surface area contributed by atoms with Crippen molar-refractivity contribution in [3.63, 3.8) is 0 Å². The molecule has 0 unspecified atom stereocenters. The number of halogens is 1. The molecule has 8 nitrogen and oxygen atoms in total. The Morgan fingerprint density at radius 1 is 0.800 bits per heavy atom. The van der Waals surface area contributed by atoms with Crippen molar-refractivity contribution in [3.8, 4) is 23.7 Å². The van der Waals surface area contributed by atoms with Crippen LogP contribution in [0.2, 0.25) is 0 Å². The lowest BCUT2D eigenvalue weighted by molar-refractivity contribution is -0.163. The number of ether oxygens (including phenoxy) is 3. The van der Waals surface area contributed by atoms with E-state index < -0.39 is 47.7 Å². The third-order valence-corrected chi connectivity index (χ3v) is 10.2. The van der Waals surface area contributed by atoms with Gasteiger partial charge in [-0.1, -0.05) is 108 Å². The number of anilines is 1. The van der Waals surface area contributed by atoms with Crippen molar-refractivity contribution in [2.45, 2.75) is 51.5 Å². The molecular weight excluding hydrogens is 778 g/mol. The molecule has 1 heterocycles. The van der Waals surface area contributed by atoms with Crippen LogP contribution in [0, 0.1) is 41.3 Å². The molecule has 2 aliphatic rings. The summed E-state index contributed by atoms with van der Waals surface area (Å²) >= 11 is 1.64. The smallest absolute Gasteiger partial charge is 0.321 e.